The normalized spacial score (nSPS) is 17.8. The lowest BCUT2D eigenvalue weighted by Crippen LogP contribution is -2.38. The monoisotopic (exact) mass is 312 g/mol. The first-order valence-electron chi connectivity index (χ1n) is 7.46. The standard InChI is InChI=1S/C18H17FN2O2/c1-12-6-8-14(9-7-12)21-17(22)10-16(18(21)23)20-11-13-4-2-3-5-15(13)19/h2-9,16,20H,10-11H2,1H3. The zero-order valence-electron chi connectivity index (χ0n) is 12.8. The fourth-order valence-corrected chi connectivity index (χ4v) is 2.63. The zero-order chi connectivity index (χ0) is 16.4. The smallest absolute Gasteiger partial charge is 0.251 e. The van der Waals surface area contributed by atoms with Crippen LogP contribution >= 0.6 is 0 Å². The van der Waals surface area contributed by atoms with Gasteiger partial charge in [-0.1, -0.05) is 35.9 Å². The SMILES string of the molecule is Cc1ccc(N2C(=O)CC(NCc3ccccc3F)C2=O)cc1. The van der Waals surface area contributed by atoms with Gasteiger partial charge in [0.25, 0.3) is 5.91 Å². The number of nitrogens with zero attached hydrogens (tertiary/aromatic N) is 1. The van der Waals surface area contributed by atoms with E-state index in [2.05, 4.69) is 5.32 Å². The zero-order valence-corrected chi connectivity index (χ0v) is 12.8. The average molecular weight is 312 g/mol. The lowest BCUT2D eigenvalue weighted by atomic mass is 10.2. The number of benzene rings is 2. The first-order valence-corrected chi connectivity index (χ1v) is 7.46. The molecule has 2 amide bonds. The quantitative estimate of drug-likeness (QED) is 0.883. The number of imide groups is 1. The van der Waals surface area contributed by atoms with Crippen LogP contribution in [-0.4, -0.2) is 17.9 Å². The molecule has 1 fully saturated rings. The number of nitrogens with one attached hydrogen (secondary N) is 1. The second kappa shape index (κ2) is 6.30. The molecular formula is C18H17FN2O2. The maximum atomic E-state index is 13.6. The van der Waals surface area contributed by atoms with Crippen LogP contribution in [-0.2, 0) is 16.1 Å². The molecule has 4 nitrogen and oxygen atoms in total. The number of anilines is 1. The van der Waals surface area contributed by atoms with E-state index in [1.807, 2.05) is 19.1 Å². The number of aryl methyl sites for hydroxylation is 1. The van der Waals surface area contributed by atoms with Crippen molar-refractivity contribution in [2.24, 2.45) is 0 Å². The van der Waals surface area contributed by atoms with E-state index in [9.17, 15) is 14.0 Å². The Balaban J connectivity index is 1.71. The van der Waals surface area contributed by atoms with E-state index < -0.39 is 6.04 Å². The van der Waals surface area contributed by atoms with Gasteiger partial charge >= 0.3 is 0 Å². The Morgan fingerprint density at radius 3 is 2.52 bits per heavy atom. The maximum Gasteiger partial charge on any atom is 0.251 e. The van der Waals surface area contributed by atoms with Crippen molar-refractivity contribution in [3.05, 3.63) is 65.5 Å². The largest absolute Gasteiger partial charge is 0.301 e. The van der Waals surface area contributed by atoms with Gasteiger partial charge in [-0.3, -0.25) is 9.59 Å². The second-order valence-electron chi connectivity index (χ2n) is 5.63. The number of hydrogen-bond acceptors (Lipinski definition) is 3. The number of amides is 2. The van der Waals surface area contributed by atoms with Gasteiger partial charge in [-0.05, 0) is 25.1 Å². The van der Waals surface area contributed by atoms with Crippen LogP contribution < -0.4 is 10.2 Å². The van der Waals surface area contributed by atoms with Crippen molar-refractivity contribution < 1.29 is 14.0 Å². The Morgan fingerprint density at radius 2 is 1.83 bits per heavy atom. The van der Waals surface area contributed by atoms with Gasteiger partial charge in [-0.25, -0.2) is 9.29 Å². The molecule has 1 aliphatic heterocycles. The summed E-state index contributed by atoms with van der Waals surface area (Å²) in [5, 5.41) is 2.98. The summed E-state index contributed by atoms with van der Waals surface area (Å²) in [7, 11) is 0. The predicted octanol–water partition coefficient (Wildman–Crippen LogP) is 2.56. The highest BCUT2D eigenvalue weighted by atomic mass is 19.1. The minimum absolute atomic E-state index is 0.0845. The number of rotatable bonds is 4. The molecule has 2 aromatic carbocycles. The molecule has 23 heavy (non-hydrogen) atoms. The average Bonchev–Trinajstić information content (AvgIpc) is 2.82. The third-order valence-corrected chi connectivity index (χ3v) is 3.94. The highest BCUT2D eigenvalue weighted by molar-refractivity contribution is 6.22. The summed E-state index contributed by atoms with van der Waals surface area (Å²) in [6.45, 7) is 2.15. The van der Waals surface area contributed by atoms with Crippen molar-refractivity contribution >= 4 is 17.5 Å². The molecule has 1 N–H and O–H groups in total. The van der Waals surface area contributed by atoms with E-state index in [1.165, 1.54) is 11.0 Å². The minimum Gasteiger partial charge on any atom is -0.301 e. The molecule has 1 heterocycles. The molecular weight excluding hydrogens is 295 g/mol. The summed E-state index contributed by atoms with van der Waals surface area (Å²) in [6.07, 6.45) is 0.0845. The Kier molecular flexibility index (Phi) is 4.21. The Labute approximate surface area is 133 Å². The molecule has 0 saturated carbocycles. The Bertz CT molecular complexity index is 743. The summed E-state index contributed by atoms with van der Waals surface area (Å²) in [4.78, 5) is 25.8. The van der Waals surface area contributed by atoms with E-state index in [-0.39, 0.29) is 30.6 Å². The van der Waals surface area contributed by atoms with Gasteiger partial charge in [0.05, 0.1) is 18.2 Å². The van der Waals surface area contributed by atoms with E-state index in [4.69, 9.17) is 0 Å². The van der Waals surface area contributed by atoms with Crippen molar-refractivity contribution in [1.82, 2.24) is 5.32 Å². The van der Waals surface area contributed by atoms with E-state index in [1.54, 1.807) is 30.3 Å². The molecule has 5 heteroatoms. The van der Waals surface area contributed by atoms with Gasteiger partial charge in [0.2, 0.25) is 5.91 Å². The van der Waals surface area contributed by atoms with Crippen LogP contribution in [0.5, 0.6) is 0 Å². The van der Waals surface area contributed by atoms with Crippen molar-refractivity contribution in [1.29, 1.82) is 0 Å². The lowest BCUT2D eigenvalue weighted by molar-refractivity contribution is -0.121. The summed E-state index contributed by atoms with van der Waals surface area (Å²) < 4.78 is 13.6. The molecule has 0 radical (unpaired) electrons. The minimum atomic E-state index is -0.622. The summed E-state index contributed by atoms with van der Waals surface area (Å²) in [6, 6.07) is 13.0. The van der Waals surface area contributed by atoms with Crippen LogP contribution in [0.4, 0.5) is 10.1 Å². The molecule has 0 aliphatic carbocycles. The summed E-state index contributed by atoms with van der Waals surface area (Å²) in [5.74, 6) is -0.868. The molecule has 0 aromatic heterocycles. The van der Waals surface area contributed by atoms with Crippen LogP contribution in [0.15, 0.2) is 48.5 Å². The van der Waals surface area contributed by atoms with Gasteiger partial charge in [-0.2, -0.15) is 0 Å². The number of carbonyl (C=O) groups excluding carboxylic acids is 2. The van der Waals surface area contributed by atoms with Crippen LogP contribution in [0.3, 0.4) is 0 Å². The Hall–Kier alpha value is -2.53. The molecule has 3 rings (SSSR count). The number of halogens is 1. The number of hydrogen-bond donors (Lipinski definition) is 1. The molecule has 1 saturated heterocycles. The van der Waals surface area contributed by atoms with Gasteiger partial charge in [0.15, 0.2) is 0 Å². The molecule has 118 valence electrons. The van der Waals surface area contributed by atoms with E-state index in [0.29, 0.717) is 11.3 Å². The van der Waals surface area contributed by atoms with Crippen LogP contribution in [0.1, 0.15) is 17.5 Å². The highest BCUT2D eigenvalue weighted by Gasteiger charge is 2.39. The molecule has 0 bridgehead atoms. The van der Waals surface area contributed by atoms with Crippen molar-refractivity contribution in [2.75, 3.05) is 4.90 Å². The van der Waals surface area contributed by atoms with Crippen molar-refractivity contribution in [3.8, 4) is 0 Å². The van der Waals surface area contributed by atoms with Gasteiger partial charge in [0.1, 0.15) is 5.82 Å². The first kappa shape index (κ1) is 15.4. The highest BCUT2D eigenvalue weighted by Crippen LogP contribution is 2.23. The predicted molar refractivity (Wildman–Crippen MR) is 85.3 cm³/mol. The van der Waals surface area contributed by atoms with E-state index >= 15 is 0 Å². The molecule has 1 unspecified atom stereocenters. The van der Waals surface area contributed by atoms with Gasteiger partial charge in [-0.15, -0.1) is 0 Å². The molecule has 0 spiro atoms. The van der Waals surface area contributed by atoms with Gasteiger partial charge < -0.3 is 5.32 Å². The fraction of sp³-hybridized carbons (Fsp3) is 0.222. The van der Waals surface area contributed by atoms with E-state index in [0.717, 1.165) is 5.56 Å². The topological polar surface area (TPSA) is 49.4 Å². The second-order valence-corrected chi connectivity index (χ2v) is 5.63. The molecule has 2 aromatic rings. The molecule has 1 aliphatic rings. The third kappa shape index (κ3) is 3.14. The van der Waals surface area contributed by atoms with Crippen molar-refractivity contribution in [2.45, 2.75) is 25.9 Å². The third-order valence-electron chi connectivity index (χ3n) is 3.94. The fourth-order valence-electron chi connectivity index (χ4n) is 2.63. The van der Waals surface area contributed by atoms with Crippen LogP contribution in [0.2, 0.25) is 0 Å². The van der Waals surface area contributed by atoms with Crippen LogP contribution in [0, 0.1) is 12.7 Å². The van der Waals surface area contributed by atoms with Crippen molar-refractivity contribution in [3.63, 3.8) is 0 Å². The maximum absolute atomic E-state index is 13.6. The summed E-state index contributed by atoms with van der Waals surface area (Å²) in [5.41, 5.74) is 2.10. The lowest BCUT2D eigenvalue weighted by Gasteiger charge is -2.16. The summed E-state index contributed by atoms with van der Waals surface area (Å²) >= 11 is 0. The van der Waals surface area contributed by atoms with Crippen LogP contribution in [0.25, 0.3) is 0 Å². The Morgan fingerprint density at radius 1 is 1.13 bits per heavy atom. The van der Waals surface area contributed by atoms with Gasteiger partial charge in [0, 0.05) is 12.1 Å². The number of carbonyl (C=O) groups is 2. The molecule has 1 atom stereocenters. The first-order chi connectivity index (χ1) is 11.1.